The van der Waals surface area contributed by atoms with Gasteiger partial charge in [0.1, 0.15) is 11.5 Å². The number of carbonyl (C=O) groups is 2. The van der Waals surface area contributed by atoms with Crippen LogP contribution in [-0.4, -0.2) is 42.1 Å². The molecule has 1 aromatic rings. The van der Waals surface area contributed by atoms with Crippen molar-refractivity contribution in [2.75, 3.05) is 13.1 Å². The van der Waals surface area contributed by atoms with E-state index in [-0.39, 0.29) is 35.3 Å². The molecule has 0 aliphatic carbocycles. The molecule has 3 rings (SSSR count). The summed E-state index contributed by atoms with van der Waals surface area (Å²) in [6.45, 7) is 1.70. The molecule has 23 heavy (non-hydrogen) atoms. The maximum Gasteiger partial charge on any atom is 0.526 e. The van der Waals surface area contributed by atoms with Crippen LogP contribution in [0.1, 0.15) is 35.2 Å². The van der Waals surface area contributed by atoms with E-state index in [0.29, 0.717) is 6.42 Å². The molecule has 1 saturated heterocycles. The number of Topliss-reactive ketones (excluding diaryl/α,β-unsaturated/α-hetero) is 1. The minimum Gasteiger partial charge on any atom is -0.535 e. The Labute approximate surface area is 135 Å². The third-order valence-electron chi connectivity index (χ3n) is 4.71. The summed E-state index contributed by atoms with van der Waals surface area (Å²) in [4.78, 5) is 23.6. The third-order valence-corrected chi connectivity index (χ3v) is 4.71. The monoisotopic (exact) mass is 317 g/mol. The Bertz CT molecular complexity index is 614. The van der Waals surface area contributed by atoms with E-state index in [0.717, 1.165) is 31.5 Å². The van der Waals surface area contributed by atoms with Gasteiger partial charge in [0.25, 0.3) is 0 Å². The Kier molecular flexibility index (Phi) is 4.68. The highest BCUT2D eigenvalue weighted by molar-refractivity contribution is 6.47. The van der Waals surface area contributed by atoms with Gasteiger partial charge in [-0.1, -0.05) is 12.1 Å². The Balaban J connectivity index is 1.72. The number of carboxylic acid groups (broad SMARTS) is 1. The van der Waals surface area contributed by atoms with Crippen molar-refractivity contribution in [2.45, 2.75) is 31.5 Å². The van der Waals surface area contributed by atoms with Crippen molar-refractivity contribution in [2.24, 2.45) is 5.92 Å². The van der Waals surface area contributed by atoms with Crippen LogP contribution in [0.25, 0.3) is 0 Å². The van der Waals surface area contributed by atoms with Gasteiger partial charge in [0.2, 0.25) is 0 Å². The van der Waals surface area contributed by atoms with Crippen molar-refractivity contribution in [1.82, 2.24) is 5.32 Å². The topological polar surface area (TPSA) is 95.9 Å². The van der Waals surface area contributed by atoms with Crippen LogP contribution in [0, 0.1) is 5.92 Å². The smallest absolute Gasteiger partial charge is 0.526 e. The average molecular weight is 317 g/mol. The fourth-order valence-corrected chi connectivity index (χ4v) is 3.40. The number of piperidine rings is 1. The van der Waals surface area contributed by atoms with Crippen LogP contribution < -0.4 is 9.97 Å². The number of fused-ring (bicyclic) bond motifs is 1. The number of carboxylic acids is 1. The normalized spacial score (nSPS) is 21.4. The second kappa shape index (κ2) is 6.72. The van der Waals surface area contributed by atoms with E-state index < -0.39 is 13.1 Å². The standard InChI is InChI=1S/C16H20BNO5/c19-14(10-4-6-18-7-5-10)9-12-8-11-2-1-3-13(16(20)21)15(11)23-17(12)22/h1-3,10,12,18,22H,4-9H2,(H,20,21)/t12-/m1/s1. The highest BCUT2D eigenvalue weighted by atomic mass is 16.5. The summed E-state index contributed by atoms with van der Waals surface area (Å²) in [6, 6.07) is 4.90. The lowest BCUT2D eigenvalue weighted by Crippen LogP contribution is -2.38. The summed E-state index contributed by atoms with van der Waals surface area (Å²) in [6.07, 6.45) is 2.39. The molecule has 0 spiro atoms. The number of hydrogen-bond donors (Lipinski definition) is 3. The summed E-state index contributed by atoms with van der Waals surface area (Å²) in [5, 5.41) is 22.6. The molecule has 1 aromatic carbocycles. The molecule has 2 aliphatic rings. The molecule has 2 aliphatic heterocycles. The fraction of sp³-hybridized carbons (Fsp3) is 0.500. The van der Waals surface area contributed by atoms with Crippen LogP contribution >= 0.6 is 0 Å². The summed E-state index contributed by atoms with van der Waals surface area (Å²) < 4.78 is 5.44. The Hall–Kier alpha value is -1.86. The van der Waals surface area contributed by atoms with Gasteiger partial charge in [0, 0.05) is 18.2 Å². The first-order valence-corrected chi connectivity index (χ1v) is 7.99. The van der Waals surface area contributed by atoms with Crippen molar-refractivity contribution in [3.05, 3.63) is 29.3 Å². The Morgan fingerprint density at radius 1 is 1.30 bits per heavy atom. The number of benzene rings is 1. The summed E-state index contributed by atoms with van der Waals surface area (Å²) in [5.74, 6) is -0.975. The van der Waals surface area contributed by atoms with E-state index in [1.807, 2.05) is 0 Å². The van der Waals surface area contributed by atoms with E-state index in [2.05, 4.69) is 5.32 Å². The first-order chi connectivity index (χ1) is 11.1. The Morgan fingerprint density at radius 3 is 2.74 bits per heavy atom. The molecule has 0 saturated carbocycles. The van der Waals surface area contributed by atoms with Crippen LogP contribution in [0.4, 0.5) is 0 Å². The molecule has 1 fully saturated rings. The molecular weight excluding hydrogens is 297 g/mol. The van der Waals surface area contributed by atoms with Gasteiger partial charge in [0.15, 0.2) is 0 Å². The van der Waals surface area contributed by atoms with Gasteiger partial charge < -0.3 is 20.1 Å². The van der Waals surface area contributed by atoms with Crippen molar-refractivity contribution in [3.8, 4) is 5.75 Å². The second-order valence-corrected chi connectivity index (χ2v) is 6.27. The predicted molar refractivity (Wildman–Crippen MR) is 84.7 cm³/mol. The van der Waals surface area contributed by atoms with Gasteiger partial charge >= 0.3 is 13.1 Å². The van der Waals surface area contributed by atoms with Gasteiger partial charge in [-0.25, -0.2) is 4.79 Å². The molecule has 0 radical (unpaired) electrons. The summed E-state index contributed by atoms with van der Waals surface area (Å²) >= 11 is 0. The number of nitrogens with one attached hydrogen (secondary N) is 1. The van der Waals surface area contributed by atoms with E-state index in [4.69, 9.17) is 4.65 Å². The molecular formula is C16H20BNO5. The van der Waals surface area contributed by atoms with Crippen LogP contribution in [0.3, 0.4) is 0 Å². The summed E-state index contributed by atoms with van der Waals surface area (Å²) in [7, 11) is -1.14. The molecule has 2 heterocycles. The molecule has 0 amide bonds. The van der Waals surface area contributed by atoms with Gasteiger partial charge in [0.05, 0.1) is 5.56 Å². The van der Waals surface area contributed by atoms with Gasteiger partial charge in [-0.15, -0.1) is 0 Å². The molecule has 6 nitrogen and oxygen atoms in total. The lowest BCUT2D eigenvalue weighted by Gasteiger charge is -2.29. The van der Waals surface area contributed by atoms with Gasteiger partial charge in [-0.3, -0.25) is 4.79 Å². The lowest BCUT2D eigenvalue weighted by atomic mass is 9.63. The molecule has 0 bridgehead atoms. The maximum absolute atomic E-state index is 12.4. The van der Waals surface area contributed by atoms with Crippen molar-refractivity contribution in [3.63, 3.8) is 0 Å². The van der Waals surface area contributed by atoms with Crippen LogP contribution in [-0.2, 0) is 11.2 Å². The van der Waals surface area contributed by atoms with Crippen LogP contribution in [0.5, 0.6) is 5.75 Å². The number of aromatic carboxylic acids is 1. The summed E-state index contributed by atoms with van der Waals surface area (Å²) in [5.41, 5.74) is 0.781. The van der Waals surface area contributed by atoms with Gasteiger partial charge in [-0.05, 0) is 44.0 Å². The molecule has 3 N–H and O–H groups in total. The quantitative estimate of drug-likeness (QED) is 0.721. The number of ketones is 1. The van der Waals surface area contributed by atoms with E-state index in [9.17, 15) is 19.7 Å². The number of hydrogen-bond acceptors (Lipinski definition) is 5. The molecule has 0 aromatic heterocycles. The molecule has 0 unspecified atom stereocenters. The first-order valence-electron chi connectivity index (χ1n) is 7.99. The highest BCUT2D eigenvalue weighted by Crippen LogP contribution is 2.37. The lowest BCUT2D eigenvalue weighted by molar-refractivity contribution is -0.123. The van der Waals surface area contributed by atoms with Crippen LogP contribution in [0.2, 0.25) is 5.82 Å². The van der Waals surface area contributed by atoms with Crippen LogP contribution in [0.15, 0.2) is 18.2 Å². The van der Waals surface area contributed by atoms with Gasteiger partial charge in [-0.2, -0.15) is 0 Å². The van der Waals surface area contributed by atoms with Crippen molar-refractivity contribution >= 4 is 18.9 Å². The van der Waals surface area contributed by atoms with Crippen molar-refractivity contribution in [1.29, 1.82) is 0 Å². The zero-order valence-corrected chi connectivity index (χ0v) is 12.8. The molecule has 122 valence electrons. The molecule has 1 atom stereocenters. The van der Waals surface area contributed by atoms with Crippen molar-refractivity contribution < 1.29 is 24.4 Å². The van der Waals surface area contributed by atoms with E-state index in [1.165, 1.54) is 6.07 Å². The zero-order chi connectivity index (χ0) is 16.4. The molecule has 7 heteroatoms. The SMILES string of the molecule is O=C(O)c1cccc2c1OB(O)[C@@H](CC(=O)C1CCNCC1)C2. The second-order valence-electron chi connectivity index (χ2n) is 6.27. The largest absolute Gasteiger partial charge is 0.535 e. The maximum atomic E-state index is 12.4. The minimum atomic E-state index is -1.14. The average Bonchev–Trinajstić information content (AvgIpc) is 2.55. The number of rotatable bonds is 4. The minimum absolute atomic E-state index is 0.0460. The highest BCUT2D eigenvalue weighted by Gasteiger charge is 2.38. The van der Waals surface area contributed by atoms with E-state index >= 15 is 0 Å². The number of carbonyl (C=O) groups excluding carboxylic acids is 1. The third kappa shape index (κ3) is 3.40. The van der Waals surface area contributed by atoms with E-state index in [1.54, 1.807) is 12.1 Å². The predicted octanol–water partition coefficient (Wildman–Crippen LogP) is 1.13. The zero-order valence-electron chi connectivity index (χ0n) is 12.8. The number of para-hydroxylation sites is 1. The fourth-order valence-electron chi connectivity index (χ4n) is 3.40. The first kappa shape index (κ1) is 16.0. The Morgan fingerprint density at radius 2 is 2.04 bits per heavy atom.